The Labute approximate surface area is 139 Å². The molecule has 0 atom stereocenters. The molecule has 0 saturated carbocycles. The van der Waals surface area contributed by atoms with E-state index in [-0.39, 0.29) is 90.7 Å². The van der Waals surface area contributed by atoms with Gasteiger partial charge in [0.2, 0.25) is 0 Å². The Morgan fingerprint density at radius 2 is 0.615 bits per heavy atom. The number of rotatable bonds is 0. The molecule has 0 aromatic carbocycles. The molecule has 0 heterocycles. The van der Waals surface area contributed by atoms with Crippen molar-refractivity contribution in [3.05, 3.63) is 9.93 Å². The summed E-state index contributed by atoms with van der Waals surface area (Å²) in [5.74, 6) is 0. The number of halogens is 4. The van der Waals surface area contributed by atoms with Crippen LogP contribution in [0.5, 0.6) is 0 Å². The Kier molecular flexibility index (Phi) is 3790. The van der Waals surface area contributed by atoms with Crippen LogP contribution < -0.4 is 0 Å². The number of hydrogen-bond acceptors (Lipinski definition) is 4. The average molecular weight is 484 g/mol. The van der Waals surface area contributed by atoms with Crippen LogP contribution in [-0.2, 0) is 73.7 Å². The van der Waals surface area contributed by atoms with Gasteiger partial charge < -0.3 is 5.48 Å². The second-order valence-corrected chi connectivity index (χ2v) is 0. The van der Waals surface area contributed by atoms with Gasteiger partial charge in [0.15, 0.2) is 0 Å². The molecule has 0 amide bonds. The van der Waals surface area contributed by atoms with Gasteiger partial charge in [-0.3, -0.25) is 0 Å². The normalized spacial score (nSPS) is 1.23. The quantitative estimate of drug-likeness (QED) is 0.478. The second kappa shape index (κ2) is 449. The van der Waals surface area contributed by atoms with Crippen molar-refractivity contribution in [2.24, 2.45) is 0 Å². The minimum atomic E-state index is 0. The molecule has 0 fully saturated rings. The van der Waals surface area contributed by atoms with Crippen molar-refractivity contribution < 1.29 is 80.6 Å². The predicted octanol–water partition coefficient (Wildman–Crippen LogP) is 0.928. The second-order valence-electron chi connectivity index (χ2n) is 0. The van der Waals surface area contributed by atoms with Gasteiger partial charge in [-0.15, -0.1) is 49.6 Å². The van der Waals surface area contributed by atoms with E-state index < -0.39 is 0 Å². The molecule has 0 rings (SSSR count). The fourth-order valence-electron chi connectivity index (χ4n) is 0. The summed E-state index contributed by atoms with van der Waals surface area (Å²) in [5, 5.41) is 0. The van der Waals surface area contributed by atoms with Crippen molar-refractivity contribution in [3.8, 4) is 0 Å². The van der Waals surface area contributed by atoms with E-state index in [0.717, 1.165) is 0 Å². The molecule has 0 aliphatic rings. The van der Waals surface area contributed by atoms with Crippen molar-refractivity contribution in [2.75, 3.05) is 0 Å². The van der Waals surface area contributed by atoms with E-state index >= 15 is 0 Å². The summed E-state index contributed by atoms with van der Waals surface area (Å²) in [7, 11) is 0. The fraction of sp³-hybridized carbons (Fsp3) is 0. The molecular formula is H8Cl4Cu4O5. The predicted molar refractivity (Wildman–Crippen MR) is 42.8 cm³/mol. The van der Waals surface area contributed by atoms with Crippen molar-refractivity contribution >= 4 is 49.6 Å². The van der Waals surface area contributed by atoms with E-state index in [1.54, 1.807) is 0 Å². The minimum absolute atomic E-state index is 0. The molecule has 0 bridgehead atoms. The third-order valence-corrected chi connectivity index (χ3v) is 0. The fourth-order valence-corrected chi connectivity index (χ4v) is 0. The number of hydrogen-bond donors (Lipinski definition) is 0. The summed E-state index contributed by atoms with van der Waals surface area (Å²) >= 11 is 5.88. The Bertz CT molecular complexity index is 30.4. The van der Waals surface area contributed by atoms with Crippen LogP contribution in [0.3, 0.4) is 0 Å². The molecule has 0 saturated heterocycles. The van der Waals surface area contributed by atoms with Crippen LogP contribution in [0.15, 0.2) is 0 Å². The first kappa shape index (κ1) is 110. The molecule has 2 radical (unpaired) electrons. The van der Waals surface area contributed by atoms with E-state index in [4.69, 9.17) is 17.6 Å². The topological polar surface area (TPSA) is 99.8 Å². The van der Waals surface area contributed by atoms with Crippen LogP contribution in [0.4, 0.5) is 0 Å². The summed E-state index contributed by atoms with van der Waals surface area (Å²) in [6, 6.07) is 0. The van der Waals surface area contributed by atoms with Gasteiger partial charge in [-0.2, -0.15) is 0 Å². The van der Waals surface area contributed by atoms with Gasteiger partial charge in [0.25, 0.3) is 0 Å². The standard InChI is InChI=1S/4ClH.4Cu.O2.H2O.2O.H2/c;;;;;;;;1-2;;;;/h4*1H;;;;;;1H2;;;1H. The Morgan fingerprint density at radius 1 is 0.615 bits per heavy atom. The SMILES string of the molecule is Cl.Cl.Cl.Cl.O.O=O.[Cu].[Cu].[HH].[O]=[Cu].[O]=[Cu]. The molecule has 0 aliphatic heterocycles. The van der Waals surface area contributed by atoms with Gasteiger partial charge in [-0.1, -0.05) is 0 Å². The molecule has 13 heteroatoms. The Hall–Kier alpha value is 2.40. The summed E-state index contributed by atoms with van der Waals surface area (Å²) in [4.78, 5) is 14.0. The zero-order valence-electron chi connectivity index (χ0n) is 4.97. The van der Waals surface area contributed by atoms with E-state index in [0.29, 0.717) is 0 Å². The van der Waals surface area contributed by atoms with E-state index in [1.165, 1.54) is 0 Å². The molecule has 2 N–H and O–H groups in total. The van der Waals surface area contributed by atoms with E-state index in [1.807, 2.05) is 0 Å². The van der Waals surface area contributed by atoms with Crippen molar-refractivity contribution in [2.45, 2.75) is 0 Å². The van der Waals surface area contributed by atoms with E-state index in [9.17, 15) is 0 Å². The molecule has 0 unspecified atom stereocenters. The molecule has 5 nitrogen and oxygen atoms in total. The van der Waals surface area contributed by atoms with Gasteiger partial charge in [0.05, 0.1) is 0 Å². The van der Waals surface area contributed by atoms with E-state index in [2.05, 4.69) is 31.9 Å². The first-order chi connectivity index (χ1) is 3.00. The molecule has 0 aromatic heterocycles. The molecule has 0 aromatic rings. The van der Waals surface area contributed by atoms with Crippen LogP contribution >= 0.6 is 49.6 Å². The summed E-state index contributed by atoms with van der Waals surface area (Å²) < 4.78 is 15.6. The summed E-state index contributed by atoms with van der Waals surface area (Å²) in [5.41, 5.74) is 0. The average Bonchev–Trinajstić information content (AvgIpc) is 1.81. The monoisotopic (exact) mass is 480 g/mol. The molecular weight excluding hydrogens is 476 g/mol. The van der Waals surface area contributed by atoms with Crippen LogP contribution in [0.25, 0.3) is 0 Å². The third kappa shape index (κ3) is 385. The van der Waals surface area contributed by atoms with Gasteiger partial charge in [-0.25, -0.2) is 0 Å². The first-order valence-electron chi connectivity index (χ1n) is 0.413. The maximum absolute atomic E-state index is 7.81. The van der Waals surface area contributed by atoms with Gasteiger partial charge in [-0.05, 0) is 0 Å². The Balaban J connectivity index is -0.000000000833. The van der Waals surface area contributed by atoms with Crippen molar-refractivity contribution in [1.82, 2.24) is 0 Å². The van der Waals surface area contributed by atoms with Gasteiger partial charge in [0, 0.05) is 45.5 Å². The van der Waals surface area contributed by atoms with Crippen molar-refractivity contribution in [3.63, 3.8) is 0 Å². The van der Waals surface area contributed by atoms with Crippen molar-refractivity contribution in [1.29, 1.82) is 0 Å². The first-order valence-corrected chi connectivity index (χ1v) is 1.18. The molecule has 0 aliphatic carbocycles. The summed E-state index contributed by atoms with van der Waals surface area (Å²) in [6.45, 7) is 0. The van der Waals surface area contributed by atoms with Crippen LogP contribution in [0.1, 0.15) is 1.43 Å². The molecule has 110 valence electrons. The van der Waals surface area contributed by atoms with Gasteiger partial charge in [0.1, 0.15) is 0 Å². The maximum atomic E-state index is 7.81. The van der Waals surface area contributed by atoms with Gasteiger partial charge >= 0.3 is 39.6 Å². The van der Waals surface area contributed by atoms with Crippen LogP contribution in [0, 0.1) is 9.93 Å². The molecule has 13 heavy (non-hydrogen) atoms. The molecule has 0 spiro atoms. The third-order valence-electron chi connectivity index (χ3n) is 0. The zero-order valence-corrected chi connectivity index (χ0v) is 12.0. The van der Waals surface area contributed by atoms with Crippen LogP contribution in [-0.4, -0.2) is 5.48 Å². The summed E-state index contributed by atoms with van der Waals surface area (Å²) in [6.07, 6.45) is 0. The van der Waals surface area contributed by atoms with Crippen LogP contribution in [0.2, 0.25) is 0 Å². The Morgan fingerprint density at radius 3 is 0.615 bits per heavy atom. The zero-order chi connectivity index (χ0) is 6.00.